The lowest BCUT2D eigenvalue weighted by Crippen LogP contribution is -2.51. The van der Waals surface area contributed by atoms with Crippen LogP contribution in [-0.2, 0) is 4.74 Å². The third-order valence-electron chi connectivity index (χ3n) is 4.22. The zero-order valence-corrected chi connectivity index (χ0v) is 13.1. The maximum atomic E-state index is 12.4. The highest BCUT2D eigenvalue weighted by Crippen LogP contribution is 2.39. The van der Waals surface area contributed by atoms with E-state index in [1.54, 1.807) is 24.3 Å². The maximum absolute atomic E-state index is 12.4. The molecule has 0 bridgehead atoms. The maximum Gasteiger partial charge on any atom is 0.261 e. The number of carbonyl (C=O) groups is 2. The van der Waals surface area contributed by atoms with Crippen LogP contribution in [0.5, 0.6) is 0 Å². The first-order valence-electron chi connectivity index (χ1n) is 7.61. The van der Waals surface area contributed by atoms with E-state index < -0.39 is 11.9 Å². The van der Waals surface area contributed by atoms with Crippen molar-refractivity contribution in [3.8, 4) is 0 Å². The molecule has 3 rings (SSSR count). The van der Waals surface area contributed by atoms with E-state index in [9.17, 15) is 14.7 Å². The summed E-state index contributed by atoms with van der Waals surface area (Å²) in [5.74, 6) is -0.487. The van der Waals surface area contributed by atoms with Gasteiger partial charge in [-0.3, -0.25) is 14.5 Å². The molecule has 1 saturated carbocycles. The van der Waals surface area contributed by atoms with Crippen LogP contribution in [0.3, 0.4) is 0 Å². The molecule has 0 saturated heterocycles. The van der Waals surface area contributed by atoms with Gasteiger partial charge in [0, 0.05) is 12.0 Å². The van der Waals surface area contributed by atoms with Crippen molar-refractivity contribution in [2.45, 2.75) is 51.5 Å². The molecule has 5 nitrogen and oxygen atoms in total. The van der Waals surface area contributed by atoms with Gasteiger partial charge in [0.1, 0.15) is 0 Å². The predicted octanol–water partition coefficient (Wildman–Crippen LogP) is 2.19. The number of amides is 2. The van der Waals surface area contributed by atoms with Gasteiger partial charge in [-0.25, -0.2) is 0 Å². The molecule has 1 aliphatic carbocycles. The average Bonchev–Trinajstić information content (AvgIpc) is 2.61. The Morgan fingerprint density at radius 1 is 1.14 bits per heavy atom. The number of hydrogen-bond donors (Lipinski definition) is 1. The second kappa shape index (κ2) is 5.18. The summed E-state index contributed by atoms with van der Waals surface area (Å²) in [6, 6.07) is 6.75. The summed E-state index contributed by atoms with van der Waals surface area (Å²) in [6.45, 7) is 5.66. The molecular weight excluding hydrogens is 282 g/mol. The van der Waals surface area contributed by atoms with Gasteiger partial charge in [0.2, 0.25) is 0 Å². The van der Waals surface area contributed by atoms with Crippen molar-refractivity contribution in [3.63, 3.8) is 0 Å². The topological polar surface area (TPSA) is 66.8 Å². The Hall–Kier alpha value is -1.72. The van der Waals surface area contributed by atoms with Crippen LogP contribution >= 0.6 is 0 Å². The summed E-state index contributed by atoms with van der Waals surface area (Å²) >= 11 is 0. The number of carbonyl (C=O) groups excluding carboxylic acids is 2. The first kappa shape index (κ1) is 15.2. The van der Waals surface area contributed by atoms with E-state index in [1.165, 1.54) is 4.90 Å². The fraction of sp³-hybridized carbons (Fsp3) is 0.529. The second-order valence-electron chi connectivity index (χ2n) is 7.03. The fourth-order valence-electron chi connectivity index (χ4n) is 3.07. The van der Waals surface area contributed by atoms with Crippen LogP contribution in [0.1, 0.15) is 54.3 Å². The van der Waals surface area contributed by atoms with Gasteiger partial charge in [-0.1, -0.05) is 12.1 Å². The Kier molecular flexibility index (Phi) is 3.57. The molecule has 1 atom stereocenters. The number of aliphatic hydroxyl groups excluding tert-OH is 1. The molecular formula is C17H21NO4. The summed E-state index contributed by atoms with van der Waals surface area (Å²) in [5, 5.41) is 10.1. The third kappa shape index (κ3) is 2.55. The van der Waals surface area contributed by atoms with E-state index in [1.807, 2.05) is 20.8 Å². The van der Waals surface area contributed by atoms with Gasteiger partial charge >= 0.3 is 0 Å². The molecule has 1 aromatic carbocycles. The fourth-order valence-corrected chi connectivity index (χ4v) is 3.07. The van der Waals surface area contributed by atoms with Crippen LogP contribution < -0.4 is 0 Å². The average molecular weight is 303 g/mol. The van der Waals surface area contributed by atoms with Crippen LogP contribution in [-0.4, -0.2) is 39.8 Å². The van der Waals surface area contributed by atoms with Crippen LogP contribution in [0.4, 0.5) is 0 Å². The van der Waals surface area contributed by atoms with E-state index in [0.29, 0.717) is 24.0 Å². The molecule has 1 aliphatic heterocycles. The van der Waals surface area contributed by atoms with Crippen molar-refractivity contribution >= 4 is 11.8 Å². The summed E-state index contributed by atoms with van der Waals surface area (Å²) in [7, 11) is 0. The van der Waals surface area contributed by atoms with E-state index in [2.05, 4.69) is 0 Å². The lowest BCUT2D eigenvalue weighted by molar-refractivity contribution is -0.209. The summed E-state index contributed by atoms with van der Waals surface area (Å²) < 4.78 is 5.54. The first-order valence-corrected chi connectivity index (χ1v) is 7.61. The standard InChI is InChI=1S/C17H21NO4/c1-17(2,3)22-16(21)10-8-11(9-10)18-14(19)12-6-4-5-7-13(12)15(18)20/h4-7,10-11,16,21H,8-9H2,1-3H3. The van der Waals surface area contributed by atoms with Crippen LogP contribution in [0.25, 0.3) is 0 Å². The Morgan fingerprint density at radius 3 is 2.09 bits per heavy atom. The quantitative estimate of drug-likeness (QED) is 0.686. The Labute approximate surface area is 129 Å². The Balaban J connectivity index is 1.65. The van der Waals surface area contributed by atoms with Crippen LogP contribution in [0, 0.1) is 5.92 Å². The second-order valence-corrected chi connectivity index (χ2v) is 7.03. The lowest BCUT2D eigenvalue weighted by atomic mass is 9.78. The minimum absolute atomic E-state index is 0.0338. The van der Waals surface area contributed by atoms with Crippen molar-refractivity contribution in [2.24, 2.45) is 5.92 Å². The minimum Gasteiger partial charge on any atom is -0.368 e. The highest BCUT2D eigenvalue weighted by Gasteiger charge is 2.47. The van der Waals surface area contributed by atoms with Crippen LogP contribution in [0.15, 0.2) is 24.3 Å². The molecule has 1 unspecified atom stereocenters. The number of nitrogens with zero attached hydrogens (tertiary/aromatic N) is 1. The molecule has 1 aromatic rings. The molecule has 5 heteroatoms. The number of benzene rings is 1. The smallest absolute Gasteiger partial charge is 0.261 e. The van der Waals surface area contributed by atoms with Crippen molar-refractivity contribution in [3.05, 3.63) is 35.4 Å². The third-order valence-corrected chi connectivity index (χ3v) is 4.22. The molecule has 118 valence electrons. The van der Waals surface area contributed by atoms with Gasteiger partial charge in [0.25, 0.3) is 11.8 Å². The highest BCUT2D eigenvalue weighted by molar-refractivity contribution is 6.21. The van der Waals surface area contributed by atoms with Gasteiger partial charge in [-0.05, 0) is 45.7 Å². The zero-order chi connectivity index (χ0) is 16.1. The zero-order valence-electron chi connectivity index (χ0n) is 13.1. The molecule has 22 heavy (non-hydrogen) atoms. The molecule has 1 N–H and O–H groups in total. The number of ether oxygens (including phenoxy) is 1. The number of rotatable bonds is 3. The summed E-state index contributed by atoms with van der Waals surface area (Å²) in [4.78, 5) is 26.1. The molecule has 2 amide bonds. The van der Waals surface area contributed by atoms with Gasteiger partial charge in [-0.15, -0.1) is 0 Å². The van der Waals surface area contributed by atoms with Crippen molar-refractivity contribution in [1.82, 2.24) is 4.90 Å². The Bertz CT molecular complexity index is 578. The minimum atomic E-state index is -0.855. The molecule has 1 fully saturated rings. The first-order chi connectivity index (χ1) is 10.3. The van der Waals surface area contributed by atoms with Gasteiger partial charge in [0.05, 0.1) is 16.7 Å². The van der Waals surface area contributed by atoms with Gasteiger partial charge in [-0.2, -0.15) is 0 Å². The normalized spacial score (nSPS) is 25.9. The van der Waals surface area contributed by atoms with Gasteiger partial charge in [0.15, 0.2) is 6.29 Å². The largest absolute Gasteiger partial charge is 0.368 e. The van der Waals surface area contributed by atoms with E-state index in [0.717, 1.165) is 0 Å². The van der Waals surface area contributed by atoms with E-state index in [4.69, 9.17) is 4.74 Å². The molecule has 0 aromatic heterocycles. The van der Waals surface area contributed by atoms with Crippen LogP contribution in [0.2, 0.25) is 0 Å². The summed E-state index contributed by atoms with van der Waals surface area (Å²) in [6.07, 6.45) is 0.317. The number of fused-ring (bicyclic) bond motifs is 1. The van der Waals surface area contributed by atoms with E-state index in [-0.39, 0.29) is 23.8 Å². The summed E-state index contributed by atoms with van der Waals surface area (Å²) in [5.41, 5.74) is 0.532. The Morgan fingerprint density at radius 2 is 1.64 bits per heavy atom. The van der Waals surface area contributed by atoms with E-state index >= 15 is 0 Å². The van der Waals surface area contributed by atoms with Crippen molar-refractivity contribution in [1.29, 1.82) is 0 Å². The number of imide groups is 1. The number of hydrogen-bond acceptors (Lipinski definition) is 4. The van der Waals surface area contributed by atoms with Gasteiger partial charge < -0.3 is 9.84 Å². The number of aliphatic hydroxyl groups is 1. The molecule has 2 aliphatic rings. The monoisotopic (exact) mass is 303 g/mol. The molecule has 0 radical (unpaired) electrons. The molecule has 0 spiro atoms. The SMILES string of the molecule is CC(C)(C)OC(O)C1CC(N2C(=O)c3ccccc3C2=O)C1. The van der Waals surface area contributed by atoms with Crippen molar-refractivity contribution in [2.75, 3.05) is 0 Å². The lowest BCUT2D eigenvalue weighted by Gasteiger charge is -2.43. The molecule has 1 heterocycles. The predicted molar refractivity (Wildman–Crippen MR) is 80.3 cm³/mol. The highest BCUT2D eigenvalue weighted by atomic mass is 16.6. The van der Waals surface area contributed by atoms with Crippen molar-refractivity contribution < 1.29 is 19.4 Å².